The molecule has 0 unspecified atom stereocenters. The third kappa shape index (κ3) is 20.1. The molecule has 0 heterocycles. The Labute approximate surface area is 61.9 Å². The average Bonchev–Trinajstić information content (AvgIpc) is 1.41. The van der Waals surface area contributed by atoms with E-state index in [1.807, 2.05) is 0 Å². The van der Waals surface area contributed by atoms with Crippen molar-refractivity contribution in [2.45, 2.75) is 19.8 Å². The molecule has 3 heteroatoms. The summed E-state index contributed by atoms with van der Waals surface area (Å²) >= 11 is 0. The molecular formula is C4H11ClCuN. The van der Waals surface area contributed by atoms with Crippen LogP contribution in [0.5, 0.6) is 0 Å². The molecule has 1 nitrogen and oxygen atoms in total. The maximum atomic E-state index is 5.14. The minimum Gasteiger partial charge on any atom is -1.00 e. The van der Waals surface area contributed by atoms with E-state index in [4.69, 9.17) is 5.73 Å². The first kappa shape index (κ1) is 15.7. The zero-order valence-electron chi connectivity index (χ0n) is 4.38. The van der Waals surface area contributed by atoms with Crippen LogP contribution < -0.4 is 18.1 Å². The zero-order chi connectivity index (χ0) is 4.12. The molecule has 0 saturated heterocycles. The van der Waals surface area contributed by atoms with Gasteiger partial charge in [0.05, 0.1) is 0 Å². The maximum absolute atomic E-state index is 5.14. The van der Waals surface area contributed by atoms with E-state index in [-0.39, 0.29) is 29.5 Å². The number of halogens is 1. The fourth-order valence-corrected chi connectivity index (χ4v) is 0.204. The van der Waals surface area contributed by atoms with Crippen LogP contribution in [0.2, 0.25) is 0 Å². The fraction of sp³-hybridized carbons (Fsp3) is 1.00. The van der Waals surface area contributed by atoms with Crippen molar-refractivity contribution in [1.82, 2.24) is 0 Å². The van der Waals surface area contributed by atoms with Crippen LogP contribution >= 0.6 is 0 Å². The predicted molar refractivity (Wildman–Crippen MR) is 24.0 cm³/mol. The van der Waals surface area contributed by atoms with Gasteiger partial charge in [0.1, 0.15) is 0 Å². The molecule has 0 atom stereocenters. The second-order valence-electron chi connectivity index (χ2n) is 1.14. The number of unbranched alkanes of at least 4 members (excludes halogenated alkanes) is 1. The summed E-state index contributed by atoms with van der Waals surface area (Å²) in [4.78, 5) is 0. The Balaban J connectivity index is -0.0000000800. The Kier molecular flexibility index (Phi) is 35.5. The third-order valence-electron chi connectivity index (χ3n) is 0.558. The summed E-state index contributed by atoms with van der Waals surface area (Å²) in [5, 5.41) is 0. The zero-order valence-corrected chi connectivity index (χ0v) is 6.08. The molecule has 0 aliphatic rings. The summed E-state index contributed by atoms with van der Waals surface area (Å²) in [7, 11) is 0. The fourth-order valence-electron chi connectivity index (χ4n) is 0.204. The van der Waals surface area contributed by atoms with Gasteiger partial charge in [-0.25, -0.2) is 0 Å². The predicted octanol–water partition coefficient (Wildman–Crippen LogP) is -2.25. The maximum Gasteiger partial charge on any atom is 1.00 e. The first-order chi connectivity index (χ1) is 2.41. The Hall–Kier alpha value is 0.769. The third-order valence-corrected chi connectivity index (χ3v) is 0.558. The first-order valence-corrected chi connectivity index (χ1v) is 2.12. The van der Waals surface area contributed by atoms with Crippen molar-refractivity contribution in [2.24, 2.45) is 5.73 Å². The van der Waals surface area contributed by atoms with Crippen LogP contribution in [0.25, 0.3) is 0 Å². The standard InChI is InChI=1S/C4H11N.ClH.Cu/c1-2-3-4-5;;/h2-5H2,1H3;1H;/q;;+1/p-1. The van der Waals surface area contributed by atoms with E-state index >= 15 is 0 Å². The van der Waals surface area contributed by atoms with Gasteiger partial charge in [0.2, 0.25) is 0 Å². The molecule has 0 fully saturated rings. The quantitative estimate of drug-likeness (QED) is 0.468. The number of nitrogens with two attached hydrogens (primary N) is 1. The van der Waals surface area contributed by atoms with Crippen LogP contribution in [-0.4, -0.2) is 6.54 Å². The molecule has 0 aromatic carbocycles. The molecule has 0 aromatic heterocycles. The molecule has 0 amide bonds. The first-order valence-electron chi connectivity index (χ1n) is 2.12. The molecule has 50 valence electrons. The molecule has 0 rings (SSSR count). The summed E-state index contributed by atoms with van der Waals surface area (Å²) < 4.78 is 0. The molecule has 0 saturated carbocycles. The van der Waals surface area contributed by atoms with Gasteiger partial charge >= 0.3 is 17.1 Å². The smallest absolute Gasteiger partial charge is 1.00 e. The van der Waals surface area contributed by atoms with Crippen LogP contribution in [0.4, 0.5) is 0 Å². The Morgan fingerprint density at radius 1 is 1.43 bits per heavy atom. The van der Waals surface area contributed by atoms with Gasteiger partial charge in [0.15, 0.2) is 0 Å². The molecule has 0 radical (unpaired) electrons. The van der Waals surface area contributed by atoms with Crippen LogP contribution in [0.1, 0.15) is 19.8 Å². The molecule has 0 aromatic rings. The molecule has 7 heavy (non-hydrogen) atoms. The van der Waals surface area contributed by atoms with Gasteiger partial charge in [-0.05, 0) is 13.0 Å². The van der Waals surface area contributed by atoms with Crippen molar-refractivity contribution in [3.8, 4) is 0 Å². The molecule has 0 aliphatic carbocycles. The Morgan fingerprint density at radius 3 is 1.86 bits per heavy atom. The van der Waals surface area contributed by atoms with E-state index in [9.17, 15) is 0 Å². The topological polar surface area (TPSA) is 26.0 Å². The molecule has 0 aliphatic heterocycles. The molecule has 0 bridgehead atoms. The van der Waals surface area contributed by atoms with Crippen molar-refractivity contribution in [3.63, 3.8) is 0 Å². The van der Waals surface area contributed by atoms with Crippen molar-refractivity contribution in [2.75, 3.05) is 6.54 Å². The van der Waals surface area contributed by atoms with Crippen molar-refractivity contribution < 1.29 is 29.5 Å². The Morgan fingerprint density at radius 2 is 1.86 bits per heavy atom. The van der Waals surface area contributed by atoms with Gasteiger partial charge in [-0.1, -0.05) is 13.3 Å². The van der Waals surface area contributed by atoms with E-state index < -0.39 is 0 Å². The van der Waals surface area contributed by atoms with Gasteiger partial charge in [-0.15, -0.1) is 0 Å². The monoisotopic (exact) mass is 171 g/mol. The molecule has 0 spiro atoms. The van der Waals surface area contributed by atoms with Crippen molar-refractivity contribution >= 4 is 0 Å². The minimum absolute atomic E-state index is 0. The van der Waals surface area contributed by atoms with E-state index in [0.717, 1.165) is 6.54 Å². The van der Waals surface area contributed by atoms with Crippen LogP contribution in [-0.2, 0) is 17.1 Å². The molecular weight excluding hydrogens is 161 g/mol. The van der Waals surface area contributed by atoms with Gasteiger partial charge in [-0.3, -0.25) is 0 Å². The van der Waals surface area contributed by atoms with E-state index in [1.165, 1.54) is 12.8 Å². The number of rotatable bonds is 2. The summed E-state index contributed by atoms with van der Waals surface area (Å²) in [6.45, 7) is 2.98. The average molecular weight is 172 g/mol. The van der Waals surface area contributed by atoms with E-state index in [0.29, 0.717) is 0 Å². The van der Waals surface area contributed by atoms with Gasteiger partial charge in [0, 0.05) is 0 Å². The normalized spacial score (nSPS) is 6.00. The number of hydrogen-bond donors (Lipinski definition) is 1. The van der Waals surface area contributed by atoms with Gasteiger partial charge in [-0.2, -0.15) is 0 Å². The van der Waals surface area contributed by atoms with Crippen LogP contribution in [0.15, 0.2) is 0 Å². The summed E-state index contributed by atoms with van der Waals surface area (Å²) in [6.07, 6.45) is 2.39. The largest absolute Gasteiger partial charge is 1.00 e. The van der Waals surface area contributed by atoms with Crippen molar-refractivity contribution in [1.29, 1.82) is 0 Å². The van der Waals surface area contributed by atoms with E-state index in [1.54, 1.807) is 0 Å². The second kappa shape index (κ2) is 15.9. The SMILES string of the molecule is CCCCN.[Cl-].[Cu+]. The van der Waals surface area contributed by atoms with Gasteiger partial charge in [0.25, 0.3) is 0 Å². The van der Waals surface area contributed by atoms with Crippen LogP contribution in [0.3, 0.4) is 0 Å². The summed E-state index contributed by atoms with van der Waals surface area (Å²) in [5.41, 5.74) is 5.14. The second-order valence-corrected chi connectivity index (χ2v) is 1.14. The molecule has 2 N–H and O–H groups in total. The van der Waals surface area contributed by atoms with Gasteiger partial charge < -0.3 is 18.1 Å². The summed E-state index contributed by atoms with van der Waals surface area (Å²) in [5.74, 6) is 0. The van der Waals surface area contributed by atoms with E-state index in [2.05, 4.69) is 6.92 Å². The Bertz CT molecular complexity index is 19.2. The minimum atomic E-state index is 0. The van der Waals surface area contributed by atoms with Crippen molar-refractivity contribution in [3.05, 3.63) is 0 Å². The number of hydrogen-bond acceptors (Lipinski definition) is 1. The summed E-state index contributed by atoms with van der Waals surface area (Å²) in [6, 6.07) is 0. The van der Waals surface area contributed by atoms with Crippen LogP contribution in [0, 0.1) is 0 Å².